The van der Waals surface area contributed by atoms with Crippen molar-refractivity contribution in [2.24, 2.45) is 0 Å². The molecule has 0 radical (unpaired) electrons. The number of aliphatic carboxylic acids is 2. The van der Waals surface area contributed by atoms with Gasteiger partial charge in [-0.1, -0.05) is 35.9 Å². The number of fused-ring (bicyclic) bond motifs is 1. The number of β-amino-alcohol motifs (C(OH)–C–C–N with tert-alkyl or cyclic N) is 1. The maximum Gasteiger partial charge on any atom is 0.414 e. The third-order valence-electron chi connectivity index (χ3n) is 5.77. The number of nitrogens with zero attached hydrogens (tertiary/aromatic N) is 1. The van der Waals surface area contributed by atoms with Gasteiger partial charge in [0.1, 0.15) is 18.5 Å². The van der Waals surface area contributed by atoms with Crippen molar-refractivity contribution >= 4 is 22.8 Å². The summed E-state index contributed by atoms with van der Waals surface area (Å²) in [5.74, 6) is -2.18. The van der Waals surface area contributed by atoms with E-state index >= 15 is 0 Å². The molecule has 1 aliphatic heterocycles. The van der Waals surface area contributed by atoms with Gasteiger partial charge < -0.3 is 29.9 Å². The van der Waals surface area contributed by atoms with E-state index in [0.717, 1.165) is 42.6 Å². The molecule has 3 aromatic rings. The van der Waals surface area contributed by atoms with Crippen LogP contribution in [0.1, 0.15) is 29.9 Å². The number of hydrogen-bond donors (Lipinski definition) is 4. The van der Waals surface area contributed by atoms with Crippen LogP contribution in [0.25, 0.3) is 10.9 Å². The number of benzene rings is 2. The number of piperidine rings is 1. The van der Waals surface area contributed by atoms with Gasteiger partial charge in [0.2, 0.25) is 0 Å². The topological polar surface area (TPSA) is 123 Å². The number of carboxylic acid groups (broad SMARTS) is 2. The van der Waals surface area contributed by atoms with Crippen molar-refractivity contribution in [3.8, 4) is 5.75 Å². The number of rotatable bonds is 6. The number of likely N-dealkylation sites (tertiary alicyclic amines) is 1. The molecule has 4 rings (SSSR count). The molecule has 8 nitrogen and oxygen atoms in total. The third kappa shape index (κ3) is 7.06. The molecule has 1 saturated heterocycles. The van der Waals surface area contributed by atoms with Gasteiger partial charge >= 0.3 is 11.9 Å². The van der Waals surface area contributed by atoms with Crippen LogP contribution in [-0.2, 0) is 9.59 Å². The zero-order valence-electron chi connectivity index (χ0n) is 18.6. The standard InChI is InChI=1S/C23H28N2O2.C2H2O4/c1-17-5-7-18(8-6-17)19-10-13-25(14-11-19)15-20(26)16-27-23-4-2-3-22-21(23)9-12-24-22;3-1(4)2(5)6/h2-9,12,19-20,24,26H,10-11,13-16H2,1H3;(H,3,4)(H,5,6)/t20-;/m0./s1. The van der Waals surface area contributed by atoms with Crippen LogP contribution in [0.5, 0.6) is 5.75 Å². The van der Waals surface area contributed by atoms with Gasteiger partial charge in [-0.25, -0.2) is 9.59 Å². The number of aromatic nitrogens is 1. The lowest BCUT2D eigenvalue weighted by Gasteiger charge is -2.33. The van der Waals surface area contributed by atoms with Crippen LogP contribution < -0.4 is 4.74 Å². The van der Waals surface area contributed by atoms with Crippen molar-refractivity contribution in [2.75, 3.05) is 26.2 Å². The molecule has 1 atom stereocenters. The summed E-state index contributed by atoms with van der Waals surface area (Å²) in [6, 6.07) is 16.9. The molecule has 0 bridgehead atoms. The quantitative estimate of drug-likeness (QED) is 0.422. The number of hydrogen-bond acceptors (Lipinski definition) is 5. The SMILES string of the molecule is Cc1ccc(C2CCN(C[C@H](O)COc3cccc4[nH]ccc34)CC2)cc1.O=C(O)C(=O)O. The van der Waals surface area contributed by atoms with Crippen LogP contribution in [0.15, 0.2) is 54.7 Å². The molecular weight excluding hydrogens is 424 g/mol. The summed E-state index contributed by atoms with van der Waals surface area (Å²) in [5, 5.41) is 26.3. The molecule has 1 aliphatic rings. The Morgan fingerprint density at radius 2 is 1.73 bits per heavy atom. The van der Waals surface area contributed by atoms with Crippen molar-refractivity contribution in [3.63, 3.8) is 0 Å². The summed E-state index contributed by atoms with van der Waals surface area (Å²) in [5.41, 5.74) is 3.82. The number of carboxylic acids is 2. The lowest BCUT2D eigenvalue weighted by molar-refractivity contribution is -0.159. The molecule has 2 heterocycles. The first-order valence-corrected chi connectivity index (χ1v) is 11.0. The average molecular weight is 455 g/mol. The van der Waals surface area contributed by atoms with Gasteiger partial charge in [0.15, 0.2) is 0 Å². The van der Waals surface area contributed by atoms with Gasteiger partial charge in [0, 0.05) is 23.6 Å². The molecule has 1 aromatic heterocycles. The first-order chi connectivity index (χ1) is 15.8. The Balaban J connectivity index is 0.000000454. The molecule has 0 spiro atoms. The Labute approximate surface area is 192 Å². The Hall–Kier alpha value is -3.36. The number of H-pyrrole nitrogens is 1. The van der Waals surface area contributed by atoms with Crippen LogP contribution in [0.2, 0.25) is 0 Å². The van der Waals surface area contributed by atoms with Crippen molar-refractivity contribution in [1.29, 1.82) is 0 Å². The zero-order chi connectivity index (χ0) is 23.8. The maximum atomic E-state index is 10.4. The Kier molecular flexibility index (Phi) is 8.46. The Morgan fingerprint density at radius 3 is 2.36 bits per heavy atom. The predicted octanol–water partition coefficient (Wildman–Crippen LogP) is 3.25. The first kappa shape index (κ1) is 24.3. The Bertz CT molecular complexity index is 1040. The summed E-state index contributed by atoms with van der Waals surface area (Å²) in [4.78, 5) is 23.7. The molecular formula is C25H30N2O6. The Morgan fingerprint density at radius 1 is 1.06 bits per heavy atom. The molecule has 4 N–H and O–H groups in total. The monoisotopic (exact) mass is 454 g/mol. The smallest absolute Gasteiger partial charge is 0.414 e. The van der Waals surface area contributed by atoms with Crippen molar-refractivity contribution in [1.82, 2.24) is 9.88 Å². The molecule has 0 saturated carbocycles. The van der Waals surface area contributed by atoms with Gasteiger partial charge in [0.05, 0.1) is 0 Å². The normalized spacial score (nSPS) is 15.5. The van der Waals surface area contributed by atoms with E-state index in [1.54, 1.807) is 0 Å². The van der Waals surface area contributed by atoms with E-state index < -0.39 is 18.0 Å². The van der Waals surface area contributed by atoms with Gasteiger partial charge in [0.25, 0.3) is 0 Å². The largest absolute Gasteiger partial charge is 0.490 e. The number of nitrogens with one attached hydrogen (secondary N) is 1. The molecule has 0 unspecified atom stereocenters. The lowest BCUT2D eigenvalue weighted by Crippen LogP contribution is -2.40. The minimum atomic E-state index is -1.82. The molecule has 8 heteroatoms. The summed E-state index contributed by atoms with van der Waals surface area (Å²) < 4.78 is 5.89. The number of aliphatic hydroxyl groups is 1. The van der Waals surface area contributed by atoms with E-state index in [1.807, 2.05) is 30.5 Å². The fourth-order valence-electron chi connectivity index (χ4n) is 4.01. The van der Waals surface area contributed by atoms with Crippen LogP contribution in [0, 0.1) is 6.92 Å². The number of ether oxygens (including phenoxy) is 1. The van der Waals surface area contributed by atoms with E-state index in [2.05, 4.69) is 41.1 Å². The van der Waals surface area contributed by atoms with Crippen molar-refractivity contribution < 1.29 is 29.6 Å². The highest BCUT2D eigenvalue weighted by Crippen LogP contribution is 2.28. The second-order valence-electron chi connectivity index (χ2n) is 8.26. The average Bonchev–Trinajstić information content (AvgIpc) is 3.29. The number of aryl methyl sites for hydroxylation is 1. The van der Waals surface area contributed by atoms with E-state index in [-0.39, 0.29) is 0 Å². The highest BCUT2D eigenvalue weighted by molar-refractivity contribution is 6.27. The molecule has 0 aliphatic carbocycles. The number of aromatic amines is 1. The van der Waals surface area contributed by atoms with Crippen LogP contribution in [0.4, 0.5) is 0 Å². The van der Waals surface area contributed by atoms with Gasteiger partial charge in [-0.05, 0) is 62.5 Å². The number of aliphatic hydroxyl groups excluding tert-OH is 1. The highest BCUT2D eigenvalue weighted by atomic mass is 16.5. The summed E-state index contributed by atoms with van der Waals surface area (Å²) >= 11 is 0. The van der Waals surface area contributed by atoms with E-state index in [1.165, 1.54) is 11.1 Å². The van der Waals surface area contributed by atoms with Crippen LogP contribution >= 0.6 is 0 Å². The van der Waals surface area contributed by atoms with Gasteiger partial charge in [-0.3, -0.25) is 0 Å². The molecule has 0 amide bonds. The second kappa shape index (κ2) is 11.5. The summed E-state index contributed by atoms with van der Waals surface area (Å²) in [7, 11) is 0. The van der Waals surface area contributed by atoms with E-state index in [9.17, 15) is 5.11 Å². The molecule has 176 valence electrons. The summed E-state index contributed by atoms with van der Waals surface area (Å²) in [6.07, 6.45) is 3.74. The third-order valence-corrected chi connectivity index (χ3v) is 5.77. The summed E-state index contributed by atoms with van der Waals surface area (Å²) in [6.45, 7) is 5.18. The fourth-order valence-corrected chi connectivity index (χ4v) is 4.01. The second-order valence-corrected chi connectivity index (χ2v) is 8.26. The molecule has 33 heavy (non-hydrogen) atoms. The van der Waals surface area contributed by atoms with Gasteiger partial charge in [-0.2, -0.15) is 0 Å². The van der Waals surface area contributed by atoms with Crippen molar-refractivity contribution in [2.45, 2.75) is 31.8 Å². The van der Waals surface area contributed by atoms with Crippen molar-refractivity contribution in [3.05, 3.63) is 65.9 Å². The minimum absolute atomic E-state index is 0.322. The number of carbonyl (C=O) groups is 2. The van der Waals surface area contributed by atoms with Gasteiger partial charge in [-0.15, -0.1) is 0 Å². The highest BCUT2D eigenvalue weighted by Gasteiger charge is 2.22. The first-order valence-electron chi connectivity index (χ1n) is 11.0. The van der Waals surface area contributed by atoms with Crippen LogP contribution in [0.3, 0.4) is 0 Å². The maximum absolute atomic E-state index is 10.4. The lowest BCUT2D eigenvalue weighted by atomic mass is 9.89. The molecule has 1 fully saturated rings. The fraction of sp³-hybridized carbons (Fsp3) is 0.360. The van der Waals surface area contributed by atoms with E-state index in [0.29, 0.717) is 19.1 Å². The zero-order valence-corrected chi connectivity index (χ0v) is 18.6. The predicted molar refractivity (Wildman–Crippen MR) is 125 cm³/mol. The molecule has 2 aromatic carbocycles. The van der Waals surface area contributed by atoms with E-state index in [4.69, 9.17) is 24.5 Å². The van der Waals surface area contributed by atoms with Crippen LogP contribution in [-0.4, -0.2) is 69.5 Å². The minimum Gasteiger partial charge on any atom is -0.490 e.